The Kier molecular flexibility index (Phi) is 5.75. The lowest BCUT2D eigenvalue weighted by atomic mass is 10.0. The SMILES string of the molecule is COc1ccc(-c2nn(-c3ccc(Cl)cc3C(F)(F)F)c3c2CCCCN3)c(OC)c1. The fourth-order valence-electron chi connectivity index (χ4n) is 3.81. The first-order valence-electron chi connectivity index (χ1n) is 9.78. The minimum Gasteiger partial charge on any atom is -0.497 e. The smallest absolute Gasteiger partial charge is 0.418 e. The quantitative estimate of drug-likeness (QED) is 0.530. The zero-order valence-electron chi connectivity index (χ0n) is 17.0. The van der Waals surface area contributed by atoms with Crippen molar-refractivity contribution in [3.63, 3.8) is 0 Å². The van der Waals surface area contributed by atoms with Gasteiger partial charge in [0.25, 0.3) is 0 Å². The van der Waals surface area contributed by atoms with Crippen LogP contribution in [0.1, 0.15) is 24.0 Å². The molecule has 0 atom stereocenters. The standard InChI is InChI=1S/C22H21ClF3N3O2/c1-30-14-7-8-15(19(12-14)31-2)20-16-5-3-4-10-27-21(16)29(28-20)18-9-6-13(23)11-17(18)22(24,25)26/h6-9,11-12,27H,3-5,10H2,1-2H3. The van der Waals surface area contributed by atoms with Crippen molar-refractivity contribution in [2.45, 2.75) is 25.4 Å². The van der Waals surface area contributed by atoms with E-state index in [2.05, 4.69) is 10.4 Å². The van der Waals surface area contributed by atoms with Crippen LogP contribution in [0.15, 0.2) is 36.4 Å². The molecule has 5 nitrogen and oxygen atoms in total. The highest BCUT2D eigenvalue weighted by Crippen LogP contribution is 2.42. The highest BCUT2D eigenvalue weighted by atomic mass is 35.5. The molecule has 0 saturated carbocycles. The number of hydrogen-bond donors (Lipinski definition) is 1. The summed E-state index contributed by atoms with van der Waals surface area (Å²) >= 11 is 5.88. The third kappa shape index (κ3) is 4.04. The van der Waals surface area contributed by atoms with E-state index in [4.69, 9.17) is 21.1 Å². The normalized spacial score (nSPS) is 13.9. The highest BCUT2D eigenvalue weighted by molar-refractivity contribution is 6.30. The fraction of sp³-hybridized carbons (Fsp3) is 0.318. The third-order valence-electron chi connectivity index (χ3n) is 5.29. The second-order valence-corrected chi connectivity index (χ2v) is 7.63. The number of anilines is 1. The Morgan fingerprint density at radius 3 is 2.58 bits per heavy atom. The lowest BCUT2D eigenvalue weighted by Crippen LogP contribution is -2.14. The Bertz CT molecular complexity index is 1110. The first kappa shape index (κ1) is 21.4. The topological polar surface area (TPSA) is 48.3 Å². The Hall–Kier alpha value is -2.87. The number of nitrogens with zero attached hydrogens (tertiary/aromatic N) is 2. The van der Waals surface area contributed by atoms with Crippen LogP contribution < -0.4 is 14.8 Å². The molecule has 3 aromatic rings. The van der Waals surface area contributed by atoms with Gasteiger partial charge in [0.05, 0.1) is 25.5 Å². The van der Waals surface area contributed by atoms with E-state index in [1.165, 1.54) is 23.9 Å². The number of halogens is 4. The van der Waals surface area contributed by atoms with E-state index in [9.17, 15) is 13.2 Å². The van der Waals surface area contributed by atoms with Crippen molar-refractivity contribution in [3.05, 3.63) is 52.5 Å². The molecule has 1 aliphatic heterocycles. The van der Waals surface area contributed by atoms with E-state index in [1.807, 2.05) is 6.07 Å². The van der Waals surface area contributed by atoms with Crippen LogP contribution in [0.5, 0.6) is 11.5 Å². The molecule has 0 amide bonds. The molecule has 1 aliphatic rings. The van der Waals surface area contributed by atoms with Gasteiger partial charge in [-0.2, -0.15) is 18.3 Å². The van der Waals surface area contributed by atoms with Crippen LogP contribution in [-0.2, 0) is 12.6 Å². The van der Waals surface area contributed by atoms with Crippen LogP contribution in [0.2, 0.25) is 5.02 Å². The van der Waals surface area contributed by atoms with Crippen LogP contribution >= 0.6 is 11.6 Å². The average Bonchev–Trinajstić information content (AvgIpc) is 2.93. The molecule has 1 N–H and O–H groups in total. The van der Waals surface area contributed by atoms with Gasteiger partial charge >= 0.3 is 6.18 Å². The molecule has 0 saturated heterocycles. The summed E-state index contributed by atoms with van der Waals surface area (Å²) in [5.74, 6) is 1.70. The lowest BCUT2D eigenvalue weighted by molar-refractivity contribution is -0.137. The van der Waals surface area contributed by atoms with Gasteiger partial charge < -0.3 is 14.8 Å². The Morgan fingerprint density at radius 2 is 1.87 bits per heavy atom. The summed E-state index contributed by atoms with van der Waals surface area (Å²) in [6.07, 6.45) is -2.10. The number of rotatable bonds is 4. The predicted molar refractivity (Wildman–Crippen MR) is 114 cm³/mol. The molecular weight excluding hydrogens is 431 g/mol. The molecule has 0 bridgehead atoms. The van der Waals surface area contributed by atoms with E-state index in [0.717, 1.165) is 24.5 Å². The van der Waals surface area contributed by atoms with Crippen molar-refractivity contribution in [1.82, 2.24) is 9.78 Å². The number of hydrogen-bond acceptors (Lipinski definition) is 4. The fourth-order valence-corrected chi connectivity index (χ4v) is 3.98. The number of fused-ring (bicyclic) bond motifs is 1. The van der Waals surface area contributed by atoms with Gasteiger partial charge in [-0.1, -0.05) is 11.6 Å². The zero-order valence-corrected chi connectivity index (χ0v) is 17.8. The molecule has 0 aliphatic carbocycles. The van der Waals surface area contributed by atoms with Crippen molar-refractivity contribution in [2.75, 3.05) is 26.1 Å². The molecular formula is C22H21ClF3N3O2. The maximum atomic E-state index is 13.8. The van der Waals surface area contributed by atoms with Crippen molar-refractivity contribution >= 4 is 17.4 Å². The third-order valence-corrected chi connectivity index (χ3v) is 5.52. The van der Waals surface area contributed by atoms with Crippen LogP contribution in [0.25, 0.3) is 16.9 Å². The number of ether oxygens (including phenoxy) is 2. The monoisotopic (exact) mass is 451 g/mol. The van der Waals surface area contributed by atoms with Gasteiger partial charge in [-0.15, -0.1) is 0 Å². The predicted octanol–water partition coefficient (Wildman–Crippen LogP) is 5.98. The van der Waals surface area contributed by atoms with Crippen LogP contribution in [-0.4, -0.2) is 30.5 Å². The minimum atomic E-state index is -4.58. The number of aromatic nitrogens is 2. The molecule has 2 heterocycles. The molecule has 9 heteroatoms. The molecule has 0 spiro atoms. The molecule has 2 aromatic carbocycles. The summed E-state index contributed by atoms with van der Waals surface area (Å²) in [7, 11) is 3.09. The van der Waals surface area contributed by atoms with E-state index in [-0.39, 0.29) is 10.7 Å². The van der Waals surface area contributed by atoms with Gasteiger partial charge in [0.1, 0.15) is 23.0 Å². The minimum absolute atomic E-state index is 0.0133. The number of methoxy groups -OCH3 is 2. The Balaban J connectivity index is 1.97. The van der Waals surface area contributed by atoms with Gasteiger partial charge in [-0.3, -0.25) is 0 Å². The molecule has 0 unspecified atom stereocenters. The number of benzene rings is 2. The van der Waals surface area contributed by atoms with Crippen molar-refractivity contribution < 1.29 is 22.6 Å². The summed E-state index contributed by atoms with van der Waals surface area (Å²) in [5.41, 5.74) is 1.19. The summed E-state index contributed by atoms with van der Waals surface area (Å²) in [5, 5.41) is 7.92. The molecule has 4 rings (SSSR count). The van der Waals surface area contributed by atoms with E-state index >= 15 is 0 Å². The Morgan fingerprint density at radius 1 is 1.06 bits per heavy atom. The first-order valence-corrected chi connectivity index (χ1v) is 10.2. The average molecular weight is 452 g/mol. The van der Waals surface area contributed by atoms with Crippen LogP contribution in [0, 0.1) is 0 Å². The second-order valence-electron chi connectivity index (χ2n) is 7.20. The van der Waals surface area contributed by atoms with Crippen molar-refractivity contribution in [3.8, 4) is 28.4 Å². The number of nitrogens with one attached hydrogen (secondary N) is 1. The first-order chi connectivity index (χ1) is 14.8. The highest BCUT2D eigenvalue weighted by Gasteiger charge is 2.36. The molecule has 164 valence electrons. The maximum absolute atomic E-state index is 13.8. The van der Waals surface area contributed by atoms with E-state index in [1.54, 1.807) is 19.2 Å². The summed E-state index contributed by atoms with van der Waals surface area (Å²) in [6, 6.07) is 9.02. The molecule has 31 heavy (non-hydrogen) atoms. The summed E-state index contributed by atoms with van der Waals surface area (Å²) in [4.78, 5) is 0. The second kappa shape index (κ2) is 8.34. The lowest BCUT2D eigenvalue weighted by Gasteiger charge is -2.16. The van der Waals surface area contributed by atoms with Gasteiger partial charge in [-0.05, 0) is 49.6 Å². The molecule has 0 radical (unpaired) electrons. The van der Waals surface area contributed by atoms with E-state index < -0.39 is 11.7 Å². The van der Waals surface area contributed by atoms with Crippen LogP contribution in [0.4, 0.5) is 19.0 Å². The summed E-state index contributed by atoms with van der Waals surface area (Å²) in [6.45, 7) is 0.646. The molecule has 0 fully saturated rings. The van der Waals surface area contributed by atoms with Crippen molar-refractivity contribution in [1.29, 1.82) is 0 Å². The number of alkyl halides is 3. The van der Waals surface area contributed by atoms with Gasteiger partial charge in [0.2, 0.25) is 0 Å². The van der Waals surface area contributed by atoms with Gasteiger partial charge in [0, 0.05) is 28.8 Å². The maximum Gasteiger partial charge on any atom is 0.418 e. The zero-order chi connectivity index (χ0) is 22.2. The van der Waals surface area contributed by atoms with Crippen molar-refractivity contribution in [2.24, 2.45) is 0 Å². The summed E-state index contributed by atoms with van der Waals surface area (Å²) < 4.78 is 53.5. The Labute approximate surface area is 182 Å². The largest absolute Gasteiger partial charge is 0.497 e. The van der Waals surface area contributed by atoms with Gasteiger partial charge in [0.15, 0.2) is 0 Å². The molecule has 1 aromatic heterocycles. The van der Waals surface area contributed by atoms with Crippen LogP contribution in [0.3, 0.4) is 0 Å². The van der Waals surface area contributed by atoms with E-state index in [0.29, 0.717) is 41.5 Å². The van der Waals surface area contributed by atoms with Gasteiger partial charge in [-0.25, -0.2) is 4.68 Å².